The Morgan fingerprint density at radius 3 is 2.54 bits per heavy atom. The van der Waals surface area contributed by atoms with Crippen LogP contribution in [-0.2, 0) is 16.1 Å². The second-order valence-electron chi connectivity index (χ2n) is 5.50. The number of alkyl carbamates (subject to hydrolysis) is 1. The number of ether oxygens (including phenoxy) is 1. The minimum atomic E-state index is -0.761. The lowest BCUT2D eigenvalue weighted by Crippen LogP contribution is -3.12. The molecule has 1 aromatic heterocycles. The van der Waals surface area contributed by atoms with E-state index in [-0.39, 0.29) is 0 Å². The predicted octanol–water partition coefficient (Wildman–Crippen LogP) is 1.89. The van der Waals surface area contributed by atoms with Gasteiger partial charge in [-0.2, -0.15) is 0 Å². The molecule has 2 rings (SSSR count). The number of imide groups is 1. The highest BCUT2D eigenvalue weighted by atomic mass is 35.5. The molecule has 0 aliphatic rings. The highest BCUT2D eigenvalue weighted by Gasteiger charge is 2.24. The maximum absolute atomic E-state index is 11.9. The van der Waals surface area contributed by atoms with Crippen molar-refractivity contribution in [3.05, 3.63) is 47.2 Å². The second-order valence-corrected chi connectivity index (χ2v) is 5.93. The van der Waals surface area contributed by atoms with E-state index in [9.17, 15) is 9.59 Å². The topological polar surface area (TPSA) is 73.0 Å². The van der Waals surface area contributed by atoms with Gasteiger partial charge in [0.15, 0.2) is 11.8 Å². The van der Waals surface area contributed by atoms with Crippen LogP contribution in [0.2, 0.25) is 5.02 Å². The number of hydrogen-bond acceptors (Lipinski definition) is 4. The number of furan rings is 1. The summed E-state index contributed by atoms with van der Waals surface area (Å²) < 4.78 is 10.2. The first kappa shape index (κ1) is 18.0. The van der Waals surface area contributed by atoms with E-state index in [0.29, 0.717) is 11.6 Å². The maximum atomic E-state index is 11.9. The van der Waals surface area contributed by atoms with Crippen LogP contribution in [0.25, 0.3) is 11.3 Å². The lowest BCUT2D eigenvalue weighted by Gasteiger charge is -2.19. The number of benzene rings is 1. The molecule has 0 spiro atoms. The van der Waals surface area contributed by atoms with Gasteiger partial charge in [0.2, 0.25) is 0 Å². The molecule has 128 valence electrons. The van der Waals surface area contributed by atoms with E-state index in [0.717, 1.165) is 22.0 Å². The van der Waals surface area contributed by atoms with Crippen molar-refractivity contribution >= 4 is 23.6 Å². The van der Waals surface area contributed by atoms with Gasteiger partial charge in [0.1, 0.15) is 12.3 Å². The van der Waals surface area contributed by atoms with Gasteiger partial charge in [0.25, 0.3) is 5.91 Å². The highest BCUT2D eigenvalue weighted by molar-refractivity contribution is 6.30. The standard InChI is InChI=1S/C17H19ClN2O4/c1-11(16(21)19-17(22)23-3)20(2)10-14-8-9-15(24-14)12-4-6-13(18)7-5-12/h4-9,11H,10H2,1-3H3,(H,19,21,22)/p+1/t11-/m0/s1. The van der Waals surface area contributed by atoms with Crippen molar-refractivity contribution in [3.8, 4) is 11.3 Å². The van der Waals surface area contributed by atoms with E-state index in [1.165, 1.54) is 7.11 Å². The summed E-state index contributed by atoms with van der Waals surface area (Å²) in [6, 6.07) is 10.7. The third-order valence-corrected chi connectivity index (χ3v) is 4.04. The summed E-state index contributed by atoms with van der Waals surface area (Å²) in [6.45, 7) is 2.24. The molecule has 0 aliphatic heterocycles. The Balaban J connectivity index is 1.99. The molecule has 0 bridgehead atoms. The Morgan fingerprint density at radius 1 is 1.25 bits per heavy atom. The van der Waals surface area contributed by atoms with E-state index < -0.39 is 18.0 Å². The zero-order valence-electron chi connectivity index (χ0n) is 13.8. The van der Waals surface area contributed by atoms with Crippen LogP contribution in [0.5, 0.6) is 0 Å². The number of hydrogen-bond donors (Lipinski definition) is 2. The third-order valence-electron chi connectivity index (χ3n) is 3.79. The highest BCUT2D eigenvalue weighted by Crippen LogP contribution is 2.23. The molecule has 7 heteroatoms. The molecular weight excluding hydrogens is 332 g/mol. The fraction of sp³-hybridized carbons (Fsp3) is 0.294. The Hall–Kier alpha value is -2.31. The maximum Gasteiger partial charge on any atom is 0.413 e. The van der Waals surface area contributed by atoms with Gasteiger partial charge in [-0.1, -0.05) is 11.6 Å². The van der Waals surface area contributed by atoms with Crippen molar-refractivity contribution < 1.29 is 23.6 Å². The van der Waals surface area contributed by atoms with Crippen LogP contribution in [0.4, 0.5) is 4.79 Å². The molecule has 1 aromatic carbocycles. The minimum absolute atomic E-state index is 0.399. The second kappa shape index (κ2) is 7.99. The number of rotatable bonds is 5. The molecule has 0 saturated heterocycles. The number of nitrogens with one attached hydrogen (secondary N) is 2. The van der Waals surface area contributed by atoms with Crippen LogP contribution < -0.4 is 10.2 Å². The van der Waals surface area contributed by atoms with E-state index in [2.05, 4.69) is 10.1 Å². The van der Waals surface area contributed by atoms with Crippen molar-refractivity contribution in [2.24, 2.45) is 0 Å². The average Bonchev–Trinajstić information content (AvgIpc) is 3.02. The van der Waals surface area contributed by atoms with E-state index >= 15 is 0 Å². The van der Waals surface area contributed by atoms with Crippen molar-refractivity contribution in [2.75, 3.05) is 14.2 Å². The first-order valence-electron chi connectivity index (χ1n) is 7.46. The largest absolute Gasteiger partial charge is 0.455 e. The Kier molecular flexibility index (Phi) is 6.00. The number of methoxy groups -OCH3 is 1. The summed E-state index contributed by atoms with van der Waals surface area (Å²) in [5, 5.41) is 2.84. The zero-order valence-corrected chi connectivity index (χ0v) is 14.5. The van der Waals surface area contributed by atoms with Crippen LogP contribution in [-0.4, -0.2) is 32.2 Å². The monoisotopic (exact) mass is 351 g/mol. The van der Waals surface area contributed by atoms with Crippen LogP contribution in [0.15, 0.2) is 40.8 Å². The normalized spacial score (nSPS) is 13.2. The fourth-order valence-electron chi connectivity index (χ4n) is 2.15. The van der Waals surface area contributed by atoms with Gasteiger partial charge in [-0.3, -0.25) is 10.1 Å². The van der Waals surface area contributed by atoms with Gasteiger partial charge in [-0.05, 0) is 43.3 Å². The number of carbonyl (C=O) groups excluding carboxylic acids is 2. The Bertz CT molecular complexity index is 712. The quantitative estimate of drug-likeness (QED) is 0.862. The third kappa shape index (κ3) is 4.59. The minimum Gasteiger partial charge on any atom is -0.455 e. The molecule has 0 fully saturated rings. The summed E-state index contributed by atoms with van der Waals surface area (Å²) >= 11 is 5.88. The predicted molar refractivity (Wildman–Crippen MR) is 89.8 cm³/mol. The SMILES string of the molecule is COC(=O)NC(=O)[C@H](C)[NH+](C)Cc1ccc(-c2ccc(Cl)cc2)o1. The molecule has 0 saturated carbocycles. The van der Waals surface area contributed by atoms with Crippen molar-refractivity contribution in [1.29, 1.82) is 0 Å². The summed E-state index contributed by atoms with van der Waals surface area (Å²) in [5.74, 6) is 1.08. The smallest absolute Gasteiger partial charge is 0.413 e. The lowest BCUT2D eigenvalue weighted by atomic mass is 10.2. The van der Waals surface area contributed by atoms with Crippen LogP contribution in [0.1, 0.15) is 12.7 Å². The van der Waals surface area contributed by atoms with Gasteiger partial charge in [-0.25, -0.2) is 4.79 Å². The molecule has 2 N–H and O–H groups in total. The lowest BCUT2D eigenvalue weighted by molar-refractivity contribution is -0.909. The zero-order chi connectivity index (χ0) is 17.7. The number of carbonyl (C=O) groups is 2. The van der Waals surface area contributed by atoms with Crippen molar-refractivity contribution in [2.45, 2.75) is 19.5 Å². The van der Waals surface area contributed by atoms with Gasteiger partial charge in [0, 0.05) is 10.6 Å². The molecule has 0 aliphatic carbocycles. The van der Waals surface area contributed by atoms with E-state index in [1.807, 2.05) is 31.3 Å². The molecule has 24 heavy (non-hydrogen) atoms. The number of halogens is 1. The number of amides is 2. The van der Waals surface area contributed by atoms with Crippen LogP contribution in [0, 0.1) is 0 Å². The summed E-state index contributed by atoms with van der Waals surface area (Å²) in [7, 11) is 3.07. The molecule has 1 unspecified atom stereocenters. The fourth-order valence-corrected chi connectivity index (χ4v) is 2.28. The van der Waals surface area contributed by atoms with Gasteiger partial charge >= 0.3 is 6.09 Å². The summed E-state index contributed by atoms with van der Waals surface area (Å²) in [4.78, 5) is 23.9. The van der Waals surface area contributed by atoms with Crippen LogP contribution in [0.3, 0.4) is 0 Å². The molecular formula is C17H20ClN2O4+. The number of likely N-dealkylation sites (N-methyl/N-ethyl adjacent to an activating group) is 1. The van der Waals surface area contributed by atoms with Crippen molar-refractivity contribution in [1.82, 2.24) is 5.32 Å². The molecule has 2 aromatic rings. The molecule has 2 atom stereocenters. The molecule has 1 heterocycles. The van der Waals surface area contributed by atoms with Gasteiger partial charge in [-0.15, -0.1) is 0 Å². The molecule has 2 amide bonds. The molecule has 0 radical (unpaired) electrons. The van der Waals surface area contributed by atoms with Crippen LogP contribution >= 0.6 is 11.6 Å². The summed E-state index contributed by atoms with van der Waals surface area (Å²) in [5.41, 5.74) is 0.930. The van der Waals surface area contributed by atoms with Gasteiger partial charge < -0.3 is 14.1 Å². The summed E-state index contributed by atoms with van der Waals surface area (Å²) in [6.07, 6.45) is -0.761. The number of quaternary nitrogens is 1. The van der Waals surface area contributed by atoms with E-state index in [1.54, 1.807) is 19.1 Å². The first-order chi connectivity index (χ1) is 11.4. The van der Waals surface area contributed by atoms with Crippen molar-refractivity contribution in [3.63, 3.8) is 0 Å². The first-order valence-corrected chi connectivity index (χ1v) is 7.84. The molecule has 6 nitrogen and oxygen atoms in total. The average molecular weight is 352 g/mol. The Labute approximate surface area is 145 Å². The van der Waals surface area contributed by atoms with E-state index in [4.69, 9.17) is 16.0 Å². The Morgan fingerprint density at radius 2 is 1.92 bits per heavy atom. The van der Waals surface area contributed by atoms with Gasteiger partial charge in [0.05, 0.1) is 14.2 Å².